The van der Waals surface area contributed by atoms with Crippen molar-refractivity contribution in [3.63, 3.8) is 0 Å². The topological polar surface area (TPSA) is 67.3 Å². The van der Waals surface area contributed by atoms with Gasteiger partial charge in [0.05, 0.1) is 12.7 Å². The summed E-state index contributed by atoms with van der Waals surface area (Å²) in [5.74, 6) is 0.873. The van der Waals surface area contributed by atoms with E-state index in [1.54, 1.807) is 12.4 Å². The lowest BCUT2D eigenvalue weighted by atomic mass is 9.96. The number of piperidine rings is 1. The quantitative estimate of drug-likeness (QED) is 0.796. The van der Waals surface area contributed by atoms with Crippen molar-refractivity contribution in [3.05, 3.63) is 48.3 Å². The molecule has 0 unspecified atom stereocenters. The number of benzene rings is 1. The molecule has 0 atom stereocenters. The van der Waals surface area contributed by atoms with Gasteiger partial charge in [0.1, 0.15) is 0 Å². The maximum absolute atomic E-state index is 12.7. The van der Waals surface area contributed by atoms with Gasteiger partial charge in [-0.25, -0.2) is 9.97 Å². The molecule has 6 nitrogen and oxygen atoms in total. The molecule has 1 N–H and O–H groups in total. The van der Waals surface area contributed by atoms with E-state index >= 15 is 0 Å². The summed E-state index contributed by atoms with van der Waals surface area (Å²) in [7, 11) is 0. The first-order chi connectivity index (χ1) is 14.3. The van der Waals surface area contributed by atoms with Gasteiger partial charge in [0.25, 0.3) is 0 Å². The highest BCUT2D eigenvalue weighted by atomic mass is 16.5. The molecule has 154 valence electrons. The van der Waals surface area contributed by atoms with E-state index in [2.05, 4.69) is 26.3 Å². The molecule has 4 rings (SSSR count). The van der Waals surface area contributed by atoms with Gasteiger partial charge < -0.3 is 15.0 Å². The standard InChI is InChI=1S/C23H30N4O2/c28-22(19-10-14-27(15-11-19)23-24-12-5-13-25-23)26-20-7-4-6-18(16-20)17-29-21-8-2-1-3-9-21/h4-7,12-13,16,19,21H,1-3,8-11,14-15,17H2,(H,26,28). The number of hydrogen-bond acceptors (Lipinski definition) is 5. The van der Waals surface area contributed by atoms with Crippen LogP contribution >= 0.6 is 0 Å². The van der Waals surface area contributed by atoms with Crippen LogP contribution in [0.3, 0.4) is 0 Å². The second kappa shape index (κ2) is 9.83. The van der Waals surface area contributed by atoms with Crippen LogP contribution in [0.15, 0.2) is 42.7 Å². The number of nitrogens with one attached hydrogen (secondary N) is 1. The molecule has 1 aliphatic heterocycles. The van der Waals surface area contributed by atoms with Gasteiger partial charge in [-0.3, -0.25) is 4.79 Å². The zero-order valence-corrected chi connectivity index (χ0v) is 16.9. The highest BCUT2D eigenvalue weighted by Crippen LogP contribution is 2.24. The average molecular weight is 395 g/mol. The van der Waals surface area contributed by atoms with Crippen LogP contribution in [-0.2, 0) is 16.1 Å². The second-order valence-corrected chi connectivity index (χ2v) is 8.07. The van der Waals surface area contributed by atoms with E-state index in [0.717, 1.165) is 43.1 Å². The van der Waals surface area contributed by atoms with Gasteiger partial charge in [0.15, 0.2) is 0 Å². The van der Waals surface area contributed by atoms with E-state index in [1.165, 1.54) is 32.1 Å². The molecule has 2 aromatic rings. The van der Waals surface area contributed by atoms with E-state index in [9.17, 15) is 4.79 Å². The van der Waals surface area contributed by atoms with E-state index in [1.807, 2.05) is 24.3 Å². The van der Waals surface area contributed by atoms with Crippen molar-refractivity contribution in [1.82, 2.24) is 9.97 Å². The first-order valence-corrected chi connectivity index (χ1v) is 10.8. The first kappa shape index (κ1) is 19.8. The molecule has 1 aliphatic carbocycles. The molecular weight excluding hydrogens is 364 g/mol. The van der Waals surface area contributed by atoms with Gasteiger partial charge in [-0.05, 0) is 49.4 Å². The molecule has 29 heavy (non-hydrogen) atoms. The normalized spacial score (nSPS) is 18.6. The van der Waals surface area contributed by atoms with E-state index < -0.39 is 0 Å². The number of carbonyl (C=O) groups is 1. The molecule has 6 heteroatoms. The van der Waals surface area contributed by atoms with Crippen LogP contribution in [0, 0.1) is 5.92 Å². The molecule has 0 bridgehead atoms. The summed E-state index contributed by atoms with van der Waals surface area (Å²) in [6, 6.07) is 9.86. The van der Waals surface area contributed by atoms with E-state index in [4.69, 9.17) is 4.74 Å². The highest BCUT2D eigenvalue weighted by Gasteiger charge is 2.26. The summed E-state index contributed by atoms with van der Waals surface area (Å²) in [6.07, 6.45) is 11.7. The fraction of sp³-hybridized carbons (Fsp3) is 0.522. The van der Waals surface area contributed by atoms with Crippen LogP contribution in [0.25, 0.3) is 0 Å². The Morgan fingerprint density at radius 2 is 1.79 bits per heavy atom. The molecule has 1 amide bonds. The van der Waals surface area contributed by atoms with Gasteiger partial charge in [0.2, 0.25) is 11.9 Å². The van der Waals surface area contributed by atoms with Gasteiger partial charge in [-0.2, -0.15) is 0 Å². The number of nitrogens with zero attached hydrogens (tertiary/aromatic N) is 3. The van der Waals surface area contributed by atoms with Crippen molar-refractivity contribution in [2.45, 2.75) is 57.7 Å². The summed E-state index contributed by atoms with van der Waals surface area (Å²) in [5.41, 5.74) is 1.97. The Labute approximate surface area is 172 Å². The summed E-state index contributed by atoms with van der Waals surface area (Å²) < 4.78 is 6.07. The smallest absolute Gasteiger partial charge is 0.227 e. The van der Waals surface area contributed by atoms with Crippen LogP contribution in [0.5, 0.6) is 0 Å². The Bertz CT molecular complexity index is 784. The van der Waals surface area contributed by atoms with E-state index in [0.29, 0.717) is 12.7 Å². The van der Waals surface area contributed by atoms with Crippen molar-refractivity contribution >= 4 is 17.5 Å². The Hall–Kier alpha value is -2.47. The van der Waals surface area contributed by atoms with Crippen LogP contribution in [0.1, 0.15) is 50.5 Å². The summed E-state index contributed by atoms with van der Waals surface area (Å²) in [4.78, 5) is 23.5. The number of hydrogen-bond donors (Lipinski definition) is 1. The summed E-state index contributed by atoms with van der Waals surface area (Å²) in [5, 5.41) is 3.10. The Morgan fingerprint density at radius 1 is 1.03 bits per heavy atom. The molecule has 2 fully saturated rings. The summed E-state index contributed by atoms with van der Waals surface area (Å²) in [6.45, 7) is 2.22. The van der Waals surface area contributed by atoms with E-state index in [-0.39, 0.29) is 11.8 Å². The molecule has 1 saturated carbocycles. The molecule has 2 heterocycles. The molecule has 0 spiro atoms. The van der Waals surface area contributed by atoms with Crippen LogP contribution in [0.4, 0.5) is 11.6 Å². The molecule has 2 aliphatic rings. The Balaban J connectivity index is 1.26. The lowest BCUT2D eigenvalue weighted by Crippen LogP contribution is -2.39. The lowest BCUT2D eigenvalue weighted by molar-refractivity contribution is -0.120. The fourth-order valence-corrected chi connectivity index (χ4v) is 4.23. The third kappa shape index (κ3) is 5.54. The highest BCUT2D eigenvalue weighted by molar-refractivity contribution is 5.92. The third-order valence-corrected chi connectivity index (χ3v) is 5.93. The minimum absolute atomic E-state index is 0.0251. The van der Waals surface area contributed by atoms with Crippen LogP contribution in [-0.4, -0.2) is 35.1 Å². The number of carbonyl (C=O) groups excluding carboxylic acids is 1. The van der Waals surface area contributed by atoms with Crippen molar-refractivity contribution in [2.75, 3.05) is 23.3 Å². The maximum Gasteiger partial charge on any atom is 0.227 e. The van der Waals surface area contributed by atoms with Crippen LogP contribution < -0.4 is 10.2 Å². The molecular formula is C23H30N4O2. The monoisotopic (exact) mass is 394 g/mol. The average Bonchev–Trinajstić information content (AvgIpc) is 2.79. The maximum atomic E-state index is 12.7. The largest absolute Gasteiger partial charge is 0.374 e. The number of aromatic nitrogens is 2. The number of rotatable bonds is 6. The van der Waals surface area contributed by atoms with Crippen molar-refractivity contribution in [1.29, 1.82) is 0 Å². The van der Waals surface area contributed by atoms with Crippen LogP contribution in [0.2, 0.25) is 0 Å². The Kier molecular flexibility index (Phi) is 6.72. The summed E-state index contributed by atoms with van der Waals surface area (Å²) >= 11 is 0. The number of ether oxygens (including phenoxy) is 1. The molecule has 0 radical (unpaired) electrons. The van der Waals surface area contributed by atoms with Gasteiger partial charge >= 0.3 is 0 Å². The van der Waals surface area contributed by atoms with Crippen molar-refractivity contribution < 1.29 is 9.53 Å². The van der Waals surface area contributed by atoms with Gasteiger partial charge in [0, 0.05) is 37.1 Å². The van der Waals surface area contributed by atoms with Gasteiger partial charge in [-0.1, -0.05) is 31.4 Å². The van der Waals surface area contributed by atoms with Crippen molar-refractivity contribution in [2.24, 2.45) is 5.92 Å². The predicted molar refractivity (Wildman–Crippen MR) is 114 cm³/mol. The minimum Gasteiger partial charge on any atom is -0.374 e. The van der Waals surface area contributed by atoms with Crippen molar-refractivity contribution in [3.8, 4) is 0 Å². The fourth-order valence-electron chi connectivity index (χ4n) is 4.23. The SMILES string of the molecule is O=C(Nc1cccc(COC2CCCCC2)c1)C1CCN(c2ncccn2)CC1. The second-order valence-electron chi connectivity index (χ2n) is 8.07. The Morgan fingerprint density at radius 3 is 2.55 bits per heavy atom. The molecule has 1 aromatic carbocycles. The minimum atomic E-state index is 0.0251. The molecule has 1 aromatic heterocycles. The van der Waals surface area contributed by atoms with Gasteiger partial charge in [-0.15, -0.1) is 0 Å². The number of anilines is 2. The third-order valence-electron chi connectivity index (χ3n) is 5.93. The lowest BCUT2D eigenvalue weighted by Gasteiger charge is -2.31. The predicted octanol–water partition coefficient (Wildman–Crippen LogP) is 4.18. The first-order valence-electron chi connectivity index (χ1n) is 10.8. The zero-order chi connectivity index (χ0) is 19.9. The molecule has 1 saturated heterocycles. The number of amides is 1. The zero-order valence-electron chi connectivity index (χ0n) is 16.9.